The average Bonchev–Trinajstić information content (AvgIpc) is 1.67. The number of piperidine rings is 1. The van der Waals surface area contributed by atoms with Crippen molar-refractivity contribution < 1.29 is 106 Å². The molecule has 12 atom stereocenters. The Morgan fingerprint density at radius 1 is 0.512 bits per heavy atom. The van der Waals surface area contributed by atoms with Crippen molar-refractivity contribution in [2.24, 2.45) is 23.1 Å². The van der Waals surface area contributed by atoms with Crippen molar-refractivity contribution in [1.29, 1.82) is 5.41 Å². The van der Waals surface area contributed by atoms with Gasteiger partial charge in [0.15, 0.2) is 0 Å². The Kier molecular flexibility index (Phi) is 36.5. The van der Waals surface area contributed by atoms with E-state index in [1.54, 1.807) is 12.4 Å². The molecule has 5 saturated heterocycles. The van der Waals surface area contributed by atoms with Gasteiger partial charge in [0.2, 0.25) is 94.5 Å². The fourth-order valence-corrected chi connectivity index (χ4v) is 18.2. The number of ether oxygens (including phenoxy) is 2. The quantitative estimate of drug-likeness (QED) is 0.0216. The Balaban J connectivity index is 0.000000283. The van der Waals surface area contributed by atoms with Crippen LogP contribution in [-0.4, -0.2) is 284 Å². The van der Waals surface area contributed by atoms with Gasteiger partial charge in [-0.15, -0.1) is 0 Å². The van der Waals surface area contributed by atoms with E-state index in [9.17, 15) is 96.5 Å². The second-order valence-electron chi connectivity index (χ2n) is 29.8. The highest BCUT2D eigenvalue weighted by atomic mass is 33.1. The first-order chi connectivity index (χ1) is 59.7. The zero-order valence-electron chi connectivity index (χ0n) is 68.0. The number of hydrogen-bond donors (Lipinski definition) is 21. The lowest BCUT2D eigenvalue weighted by Gasteiger charge is -2.28. The molecule has 0 aliphatic carbocycles. The number of aromatic amines is 2. The molecule has 16 amide bonds. The molecule has 125 heavy (non-hydrogen) atoms. The van der Waals surface area contributed by atoms with Gasteiger partial charge in [0, 0.05) is 131 Å². The first-order valence-electron chi connectivity index (χ1n) is 39.8. The summed E-state index contributed by atoms with van der Waals surface area (Å²) >= 11 is 0. The summed E-state index contributed by atoms with van der Waals surface area (Å²) < 4.78 is 12.4. The summed E-state index contributed by atoms with van der Waals surface area (Å²) in [4.78, 5) is 245. The van der Waals surface area contributed by atoms with Crippen molar-refractivity contribution in [2.75, 3.05) is 74.1 Å². The molecule has 47 heteroatoms. The summed E-state index contributed by atoms with van der Waals surface area (Å²) in [7, 11) is 4.64. The molecule has 0 spiro atoms. The molecule has 5 aliphatic rings. The molecule has 0 radical (unpaired) electrons. The third kappa shape index (κ3) is 29.3. The summed E-state index contributed by atoms with van der Waals surface area (Å²) in [5.74, 6) is -15.9. The first-order valence-corrected chi connectivity index (χ1v) is 44.8. The van der Waals surface area contributed by atoms with Gasteiger partial charge in [-0.1, -0.05) is 79.6 Å². The zero-order valence-corrected chi connectivity index (χ0v) is 71.2. The van der Waals surface area contributed by atoms with Crippen molar-refractivity contribution in [3.63, 3.8) is 0 Å². The maximum Gasteiger partial charge on any atom is 0.305 e. The molecule has 7 heterocycles. The molecule has 5 aromatic rings. The maximum absolute atomic E-state index is 14.0. The SMILES string of the molecule is C[C@@H]1NC(=O)[C@H](CC(=O)O)NC(=O)CNC(=O)[C@H](CC(=O)Nc2ccc(C(=N)N)cc2)NC(=O)CCSSCC(C(N)=O)NC(=O)[C@@H]2CC(OCc3c[nH]c4ccccc34)CN2C1=O.C[C@@H]1NC(=O)[C@H](CC(=O)O)NC(=O)CNC(=O)[C@H](CNC(=O)C2CCNCC2)NC(=O)CCSSCC(C(N)=O)NC(=O)[C@@H]2CC(OCc3c[nH]c4ccccc34)CN2C1=O. The minimum atomic E-state index is -1.74. The number of nitrogen functional groups attached to an aromatic ring is 1. The number of H-pyrrole nitrogens is 2. The number of carboxylic acids is 2. The number of nitrogens with one attached hydrogen (secondary N) is 16. The number of benzene rings is 3. The number of aromatic nitrogens is 2. The highest BCUT2D eigenvalue weighted by Gasteiger charge is 2.46. The number of carboxylic acid groups (broad SMARTS) is 2. The second-order valence-corrected chi connectivity index (χ2v) is 35.0. The molecule has 0 bridgehead atoms. The minimum Gasteiger partial charge on any atom is -0.481 e. The van der Waals surface area contributed by atoms with Crippen molar-refractivity contribution in [3.8, 4) is 0 Å². The maximum atomic E-state index is 14.0. The minimum absolute atomic E-state index is 0.000716. The van der Waals surface area contributed by atoms with Gasteiger partial charge in [-0.25, -0.2) is 0 Å². The Labute approximate surface area is 730 Å². The lowest BCUT2D eigenvalue weighted by atomic mass is 9.97. The summed E-state index contributed by atoms with van der Waals surface area (Å²) in [6.45, 7) is 2.18. The van der Waals surface area contributed by atoms with Gasteiger partial charge >= 0.3 is 11.9 Å². The monoisotopic (exact) mass is 1810 g/mol. The van der Waals surface area contributed by atoms with Crippen LogP contribution >= 0.6 is 43.2 Å². The third-order valence-corrected chi connectivity index (χ3v) is 25.3. The van der Waals surface area contributed by atoms with E-state index in [1.807, 2.05) is 48.5 Å². The normalized spacial score (nSPS) is 24.7. The van der Waals surface area contributed by atoms with Gasteiger partial charge in [0.25, 0.3) is 0 Å². The predicted octanol–water partition coefficient (Wildman–Crippen LogP) is -3.62. The molecule has 4 unspecified atom stereocenters. The van der Waals surface area contributed by atoms with Crippen molar-refractivity contribution in [2.45, 2.75) is 157 Å². The van der Waals surface area contributed by atoms with Crippen LogP contribution in [0.3, 0.4) is 0 Å². The Morgan fingerprint density at radius 3 is 1.38 bits per heavy atom. The van der Waals surface area contributed by atoms with Crippen LogP contribution in [0, 0.1) is 11.3 Å². The number of fused-ring (bicyclic) bond motifs is 4. The molecule has 43 nitrogen and oxygen atoms in total. The van der Waals surface area contributed by atoms with E-state index in [0.29, 0.717) is 37.2 Å². The van der Waals surface area contributed by atoms with Crippen molar-refractivity contribution in [1.82, 2.24) is 83.6 Å². The van der Waals surface area contributed by atoms with Crippen LogP contribution in [0.2, 0.25) is 0 Å². The Bertz CT molecular complexity index is 4820. The van der Waals surface area contributed by atoms with Gasteiger partial charge in [-0.05, 0) is 76.2 Å². The molecule has 674 valence electrons. The predicted molar refractivity (Wildman–Crippen MR) is 458 cm³/mol. The number of amidine groups is 1. The summed E-state index contributed by atoms with van der Waals surface area (Å²) in [6.07, 6.45) is 0.768. The number of nitrogens with two attached hydrogens (primary N) is 3. The van der Waals surface area contributed by atoms with E-state index in [0.717, 1.165) is 65.3 Å². The number of nitrogens with zero attached hydrogens (tertiary/aromatic N) is 2. The third-order valence-electron chi connectivity index (χ3n) is 20.5. The molecule has 3 aromatic carbocycles. The molecule has 5 fully saturated rings. The smallest absolute Gasteiger partial charge is 0.305 e. The standard InChI is InChI=1S/C40H49N11O11S2.C38H52N10O11S2/c1-20-40(61)51-17-24(62-18-22-15-44-26-5-3-2-4-25(22)26)12-30(51)39(60)50-29(36(43)57)19-64-63-11-10-31(52)48-27(13-32(53)47-23-8-6-21(7-9-23)35(41)42)37(58)45-16-33(54)49-28(14-34(55)56)38(59)46-20;1-20-38(58)48-17-23(59-18-22-14-41-25-5-3-2-4-24(22)25)12-29(48)37(57)47-28(33(39)53)19-61-60-11-8-30(49)46-27(15-42-34(54)21-6-9-40-10-7-21)35(55)43-16-31(50)45-26(13-32(51)52)36(56)44-20/h2-9,15,20,24,27-30,44H,10-14,16-19H2,1H3,(H3,41,42)(H2,43,57)(H,45,58)(H,46,59)(H,47,53)(H,48,52)(H,49,54)(H,50,60)(H,55,56);2-5,14,20-21,23,26-29,40-41H,6-13,15-19H2,1H3,(H2,39,53)(H,42,54)(H,43,55)(H,44,56)(H,45,50)(H,46,49)(H,47,57)(H,51,52)/t20-,24?,27-,28-,29?,30-;20-,23?,26-,27-,28?,29-/m00/s1. The molecule has 24 N–H and O–H groups in total. The van der Waals surface area contributed by atoms with Crippen LogP contribution in [-0.2, 0) is 109 Å². The van der Waals surface area contributed by atoms with E-state index in [1.165, 1.54) is 58.7 Å². The summed E-state index contributed by atoms with van der Waals surface area (Å²) in [6, 6.07) is 7.36. The Morgan fingerprint density at radius 2 is 0.936 bits per heavy atom. The lowest BCUT2D eigenvalue weighted by molar-refractivity contribution is -0.143. The van der Waals surface area contributed by atoms with Crippen LogP contribution in [0.25, 0.3) is 21.8 Å². The lowest BCUT2D eigenvalue weighted by Crippen LogP contribution is -2.58. The fraction of sp³-hybridized carbons (Fsp3) is 0.474. The summed E-state index contributed by atoms with van der Waals surface area (Å²) in [5.41, 5.74) is 21.0. The molecule has 2 aromatic heterocycles. The van der Waals surface area contributed by atoms with Crippen LogP contribution in [0.1, 0.15) is 88.3 Å². The molecular formula is C78H101N21O22S4. The topological polar surface area (TPSA) is 663 Å². The fourth-order valence-electron chi connectivity index (χ4n) is 13.9. The highest BCUT2D eigenvalue weighted by molar-refractivity contribution is 8.77. The zero-order chi connectivity index (χ0) is 90.6. The van der Waals surface area contributed by atoms with Crippen molar-refractivity contribution >= 4 is 183 Å². The molecule has 10 rings (SSSR count). The van der Waals surface area contributed by atoms with Crippen LogP contribution in [0.15, 0.2) is 85.2 Å². The number of anilines is 1. The van der Waals surface area contributed by atoms with Crippen LogP contribution in [0.5, 0.6) is 0 Å². The van der Waals surface area contributed by atoms with Gasteiger partial charge in [-0.2, -0.15) is 0 Å². The highest BCUT2D eigenvalue weighted by Crippen LogP contribution is 2.30. The number of aliphatic carboxylic acids is 2. The molecular weight excluding hydrogens is 1710 g/mol. The number of carbonyl (C=O) groups excluding carboxylic acids is 16. The van der Waals surface area contributed by atoms with Gasteiger partial charge in [0.1, 0.15) is 66.3 Å². The van der Waals surface area contributed by atoms with Crippen LogP contribution in [0.4, 0.5) is 5.69 Å². The number of para-hydroxylation sites is 2. The largest absolute Gasteiger partial charge is 0.481 e. The van der Waals surface area contributed by atoms with E-state index >= 15 is 0 Å². The van der Waals surface area contributed by atoms with Gasteiger partial charge in [-0.3, -0.25) is 91.7 Å². The van der Waals surface area contributed by atoms with Gasteiger partial charge < -0.3 is 126 Å². The molecule has 5 aliphatic heterocycles. The number of rotatable bonds is 19. The number of carbonyl (C=O) groups is 18. The van der Waals surface area contributed by atoms with E-state index in [-0.39, 0.29) is 99.2 Å². The number of primary amides is 2. The Hall–Kier alpha value is -12.1. The average molecular weight is 1810 g/mol. The van der Waals surface area contributed by atoms with E-state index in [4.69, 9.17) is 32.1 Å². The van der Waals surface area contributed by atoms with Crippen LogP contribution < -0.4 is 86.3 Å². The molecule has 0 saturated carbocycles. The van der Waals surface area contributed by atoms with E-state index < -0.39 is 206 Å². The summed E-state index contributed by atoms with van der Waals surface area (Å²) in [5, 5.41) is 61.2. The van der Waals surface area contributed by atoms with Crippen molar-refractivity contribution in [3.05, 3.63) is 102 Å². The van der Waals surface area contributed by atoms with E-state index in [2.05, 4.69) is 79.1 Å². The van der Waals surface area contributed by atoms with Gasteiger partial charge in [0.05, 0.1) is 57.8 Å². The second kappa shape index (κ2) is 47.2. The first kappa shape index (κ1) is 96.8. The number of amides is 16. The number of hydrogen-bond acceptors (Lipinski definition) is 26.